The number of ether oxygens (including phenoxy) is 1. The molecule has 0 unspecified atom stereocenters. The molecule has 19 heavy (non-hydrogen) atoms. The minimum absolute atomic E-state index is 0.0921. The average Bonchev–Trinajstić information content (AvgIpc) is 2.41. The van der Waals surface area contributed by atoms with Crippen LogP contribution in [-0.2, 0) is 0 Å². The van der Waals surface area contributed by atoms with Crippen LogP contribution in [0.3, 0.4) is 0 Å². The maximum atomic E-state index is 13.4. The molecule has 0 aliphatic carbocycles. The van der Waals surface area contributed by atoms with Crippen LogP contribution in [-0.4, -0.2) is 6.29 Å². The van der Waals surface area contributed by atoms with Crippen molar-refractivity contribution in [1.82, 2.24) is 0 Å². The quantitative estimate of drug-likeness (QED) is 0.787. The average molecular weight is 255 g/mol. The van der Waals surface area contributed by atoms with Crippen molar-refractivity contribution in [3.63, 3.8) is 0 Å². The van der Waals surface area contributed by atoms with E-state index in [1.165, 1.54) is 18.2 Å². The zero-order valence-corrected chi connectivity index (χ0v) is 10.2. The summed E-state index contributed by atoms with van der Waals surface area (Å²) in [6.45, 7) is 1.85. The van der Waals surface area contributed by atoms with E-state index in [1.54, 1.807) is 24.3 Å². The van der Waals surface area contributed by atoms with Crippen LogP contribution in [0, 0.1) is 24.1 Å². The molecule has 0 atom stereocenters. The Bertz CT molecular complexity index is 674. The van der Waals surface area contributed by atoms with Crippen molar-refractivity contribution >= 4 is 6.29 Å². The number of benzene rings is 2. The van der Waals surface area contributed by atoms with Crippen molar-refractivity contribution in [3.05, 3.63) is 58.9 Å². The third-order valence-corrected chi connectivity index (χ3v) is 2.60. The highest BCUT2D eigenvalue weighted by molar-refractivity contribution is 5.80. The topological polar surface area (TPSA) is 50.1 Å². The van der Waals surface area contributed by atoms with E-state index >= 15 is 0 Å². The molecule has 0 radical (unpaired) electrons. The van der Waals surface area contributed by atoms with E-state index in [1.807, 2.05) is 6.92 Å². The number of carbonyl (C=O) groups excluding carboxylic acids is 1. The van der Waals surface area contributed by atoms with E-state index in [-0.39, 0.29) is 11.3 Å². The molecule has 2 aromatic carbocycles. The molecule has 0 spiro atoms. The highest BCUT2D eigenvalue weighted by Gasteiger charge is 2.11. The Morgan fingerprint density at radius 1 is 1.26 bits per heavy atom. The fourth-order valence-corrected chi connectivity index (χ4v) is 1.67. The monoisotopic (exact) mass is 255 g/mol. The van der Waals surface area contributed by atoms with Gasteiger partial charge in [-0.3, -0.25) is 4.79 Å². The lowest BCUT2D eigenvalue weighted by Crippen LogP contribution is -1.95. The number of hydrogen-bond donors (Lipinski definition) is 0. The third-order valence-electron chi connectivity index (χ3n) is 2.60. The van der Waals surface area contributed by atoms with Crippen molar-refractivity contribution in [1.29, 1.82) is 5.26 Å². The predicted octanol–water partition coefficient (Wildman–Crippen LogP) is 3.61. The highest BCUT2D eigenvalue weighted by atomic mass is 19.1. The van der Waals surface area contributed by atoms with Crippen molar-refractivity contribution in [2.45, 2.75) is 6.92 Å². The van der Waals surface area contributed by atoms with Gasteiger partial charge in [0.1, 0.15) is 28.9 Å². The summed E-state index contributed by atoms with van der Waals surface area (Å²) >= 11 is 0. The maximum Gasteiger partial charge on any atom is 0.153 e. The fourth-order valence-electron chi connectivity index (χ4n) is 1.67. The minimum Gasteiger partial charge on any atom is -0.455 e. The largest absolute Gasteiger partial charge is 0.455 e. The molecule has 0 saturated heterocycles. The van der Waals surface area contributed by atoms with Crippen LogP contribution in [0.15, 0.2) is 36.4 Å². The number of rotatable bonds is 3. The lowest BCUT2D eigenvalue weighted by atomic mass is 10.1. The van der Waals surface area contributed by atoms with Gasteiger partial charge < -0.3 is 4.74 Å². The molecule has 3 nitrogen and oxygen atoms in total. The molecule has 0 aliphatic heterocycles. The van der Waals surface area contributed by atoms with E-state index in [9.17, 15) is 9.18 Å². The van der Waals surface area contributed by atoms with Gasteiger partial charge in [-0.25, -0.2) is 4.39 Å². The first-order chi connectivity index (χ1) is 9.15. The van der Waals surface area contributed by atoms with E-state index in [0.717, 1.165) is 5.56 Å². The number of nitrogens with zero attached hydrogens (tertiary/aromatic N) is 1. The summed E-state index contributed by atoms with van der Waals surface area (Å²) in [6.07, 6.45) is 0.660. The van der Waals surface area contributed by atoms with E-state index in [0.29, 0.717) is 17.6 Å². The summed E-state index contributed by atoms with van der Waals surface area (Å²) in [6, 6.07) is 10.9. The molecule has 0 aliphatic rings. The minimum atomic E-state index is -0.653. The summed E-state index contributed by atoms with van der Waals surface area (Å²) in [5.41, 5.74) is 1.09. The Labute approximate surface area is 109 Å². The van der Waals surface area contributed by atoms with Crippen molar-refractivity contribution in [3.8, 4) is 17.6 Å². The van der Waals surface area contributed by atoms with Gasteiger partial charge in [0, 0.05) is 0 Å². The molecule has 4 heteroatoms. The number of halogens is 1. The summed E-state index contributed by atoms with van der Waals surface area (Å²) in [5.74, 6) is -0.267. The lowest BCUT2D eigenvalue weighted by molar-refractivity contribution is 0.112. The third kappa shape index (κ3) is 2.61. The SMILES string of the molecule is Cc1ccc(Oc2cccc(F)c2C#N)c(C=O)c1. The second kappa shape index (κ2) is 5.32. The van der Waals surface area contributed by atoms with Crippen LogP contribution in [0.4, 0.5) is 4.39 Å². The zero-order valence-electron chi connectivity index (χ0n) is 10.2. The summed E-state index contributed by atoms with van der Waals surface area (Å²) < 4.78 is 18.9. The number of carbonyl (C=O) groups is 1. The van der Waals surface area contributed by atoms with Crippen LogP contribution >= 0.6 is 0 Å². The molecule has 0 saturated carbocycles. The van der Waals surface area contributed by atoms with Gasteiger partial charge in [0.25, 0.3) is 0 Å². The van der Waals surface area contributed by atoms with Crippen LogP contribution in [0.2, 0.25) is 0 Å². The molecule has 0 heterocycles. The highest BCUT2D eigenvalue weighted by Crippen LogP contribution is 2.29. The van der Waals surface area contributed by atoms with Crippen LogP contribution in [0.25, 0.3) is 0 Å². The van der Waals surface area contributed by atoms with Crippen LogP contribution in [0.1, 0.15) is 21.5 Å². The fraction of sp³-hybridized carbons (Fsp3) is 0.0667. The molecule has 2 aromatic rings. The second-order valence-electron chi connectivity index (χ2n) is 3.99. The normalized spacial score (nSPS) is 9.74. The first-order valence-corrected chi connectivity index (χ1v) is 5.58. The van der Waals surface area contributed by atoms with Gasteiger partial charge in [-0.05, 0) is 31.2 Å². The Morgan fingerprint density at radius 3 is 2.74 bits per heavy atom. The summed E-state index contributed by atoms with van der Waals surface area (Å²) in [7, 11) is 0. The molecule has 2 rings (SSSR count). The maximum absolute atomic E-state index is 13.4. The van der Waals surface area contributed by atoms with Gasteiger partial charge in [0.15, 0.2) is 6.29 Å². The summed E-state index contributed by atoms with van der Waals surface area (Å²) in [5, 5.41) is 8.91. The molecule has 0 N–H and O–H groups in total. The number of aryl methyl sites for hydroxylation is 1. The van der Waals surface area contributed by atoms with Crippen molar-refractivity contribution in [2.24, 2.45) is 0 Å². The standard InChI is InChI=1S/C15H10FNO2/c1-10-5-6-14(11(7-10)9-18)19-15-4-2-3-13(16)12(15)8-17/h2-7,9H,1H3. The summed E-state index contributed by atoms with van der Waals surface area (Å²) in [4.78, 5) is 11.0. The molecule has 0 aromatic heterocycles. The van der Waals surface area contributed by atoms with Crippen molar-refractivity contribution in [2.75, 3.05) is 0 Å². The van der Waals surface area contributed by atoms with Gasteiger partial charge in [-0.15, -0.1) is 0 Å². The first-order valence-electron chi connectivity index (χ1n) is 5.58. The Balaban J connectivity index is 2.45. The van der Waals surface area contributed by atoms with E-state index < -0.39 is 5.82 Å². The zero-order chi connectivity index (χ0) is 13.8. The van der Waals surface area contributed by atoms with Crippen LogP contribution < -0.4 is 4.74 Å². The van der Waals surface area contributed by atoms with E-state index in [2.05, 4.69) is 0 Å². The molecular formula is C15H10FNO2. The van der Waals surface area contributed by atoms with Gasteiger partial charge >= 0.3 is 0 Å². The Hall–Kier alpha value is -2.67. The Morgan fingerprint density at radius 2 is 2.05 bits per heavy atom. The number of aldehydes is 1. The molecule has 0 amide bonds. The van der Waals surface area contributed by atoms with Crippen molar-refractivity contribution < 1.29 is 13.9 Å². The molecule has 0 fully saturated rings. The number of hydrogen-bond acceptors (Lipinski definition) is 3. The van der Waals surface area contributed by atoms with Gasteiger partial charge in [-0.2, -0.15) is 5.26 Å². The predicted molar refractivity (Wildman–Crippen MR) is 67.8 cm³/mol. The Kier molecular flexibility index (Phi) is 3.58. The smallest absolute Gasteiger partial charge is 0.153 e. The van der Waals surface area contributed by atoms with E-state index in [4.69, 9.17) is 10.00 Å². The van der Waals surface area contributed by atoms with Gasteiger partial charge in [0.2, 0.25) is 0 Å². The first kappa shape index (κ1) is 12.8. The van der Waals surface area contributed by atoms with Crippen LogP contribution in [0.5, 0.6) is 11.5 Å². The van der Waals surface area contributed by atoms with Gasteiger partial charge in [-0.1, -0.05) is 17.7 Å². The number of nitriles is 1. The molecule has 0 bridgehead atoms. The molecular weight excluding hydrogens is 245 g/mol. The lowest BCUT2D eigenvalue weighted by Gasteiger charge is -2.10. The van der Waals surface area contributed by atoms with Gasteiger partial charge in [0.05, 0.1) is 5.56 Å². The molecule has 94 valence electrons. The second-order valence-corrected chi connectivity index (χ2v) is 3.99.